The molecule has 0 radical (unpaired) electrons. The smallest absolute Gasteiger partial charge is 0.203 e. The predicted octanol–water partition coefficient (Wildman–Crippen LogP) is 6.09. The van der Waals surface area contributed by atoms with Gasteiger partial charge in [-0.1, -0.05) is 26.3 Å². The van der Waals surface area contributed by atoms with Crippen LogP contribution in [0, 0.1) is 34.5 Å². The zero-order valence-electron chi connectivity index (χ0n) is 22.5. The summed E-state index contributed by atoms with van der Waals surface area (Å²) in [5.41, 5.74) is 1.17. The maximum atomic E-state index is 10.4. The molecule has 194 valence electrons. The number of aryl methyl sites for hydroxylation is 1. The fraction of sp³-hybridized carbons (Fsp3) is 0.517. The summed E-state index contributed by atoms with van der Waals surface area (Å²) in [6, 6.07) is 14.6. The summed E-state index contributed by atoms with van der Waals surface area (Å²) in [6.07, 6.45) is 3.57. The lowest BCUT2D eigenvalue weighted by Crippen LogP contribution is -2.31. The Hall–Kier alpha value is -3.58. The van der Waals surface area contributed by atoms with Crippen molar-refractivity contribution in [3.05, 3.63) is 41.5 Å². The molecule has 0 aliphatic rings. The number of hydrogen-bond acceptors (Lipinski definition) is 7. The van der Waals surface area contributed by atoms with E-state index in [9.17, 15) is 10.5 Å². The van der Waals surface area contributed by atoms with E-state index in [1.165, 1.54) is 0 Å². The summed E-state index contributed by atoms with van der Waals surface area (Å²) in [5, 5.41) is 20.2. The molecular formula is C29H38N2O5. The van der Waals surface area contributed by atoms with Gasteiger partial charge in [-0.2, -0.15) is 10.5 Å². The molecule has 0 amide bonds. The van der Waals surface area contributed by atoms with Crippen molar-refractivity contribution in [3.8, 4) is 40.9 Å². The number of benzene rings is 2. The highest BCUT2D eigenvalue weighted by Gasteiger charge is 2.37. The normalized spacial score (nSPS) is 13.2. The zero-order chi connectivity index (χ0) is 26.7. The molecule has 2 aromatic carbocycles. The topological polar surface area (TPSA) is 93.7 Å². The first kappa shape index (κ1) is 28.7. The van der Waals surface area contributed by atoms with E-state index in [4.69, 9.17) is 23.7 Å². The molecule has 2 atom stereocenters. The van der Waals surface area contributed by atoms with E-state index in [1.54, 1.807) is 35.5 Å². The van der Waals surface area contributed by atoms with Crippen LogP contribution in [0.4, 0.5) is 0 Å². The van der Waals surface area contributed by atoms with Gasteiger partial charge in [0.05, 0.1) is 53.1 Å². The summed E-state index contributed by atoms with van der Waals surface area (Å²) in [5.74, 6) is 2.85. The van der Waals surface area contributed by atoms with E-state index in [1.807, 2.05) is 44.2 Å². The van der Waals surface area contributed by atoms with Gasteiger partial charge in [-0.25, -0.2) is 0 Å². The zero-order valence-corrected chi connectivity index (χ0v) is 22.5. The summed E-state index contributed by atoms with van der Waals surface area (Å²) in [7, 11) is 7.93. The number of nitriles is 2. The summed E-state index contributed by atoms with van der Waals surface area (Å²) in [6.45, 7) is 4.09. The third kappa shape index (κ3) is 6.34. The van der Waals surface area contributed by atoms with E-state index in [2.05, 4.69) is 12.1 Å². The molecule has 7 nitrogen and oxygen atoms in total. The average Bonchev–Trinajstić information content (AvgIpc) is 2.91. The van der Waals surface area contributed by atoms with Gasteiger partial charge in [0.25, 0.3) is 0 Å². The molecule has 0 saturated heterocycles. The van der Waals surface area contributed by atoms with Crippen LogP contribution >= 0.6 is 0 Å². The predicted molar refractivity (Wildman–Crippen MR) is 139 cm³/mol. The van der Waals surface area contributed by atoms with E-state index in [0.29, 0.717) is 41.6 Å². The van der Waals surface area contributed by atoms with Gasteiger partial charge in [0.1, 0.15) is 0 Å². The van der Waals surface area contributed by atoms with E-state index < -0.39 is 5.41 Å². The van der Waals surface area contributed by atoms with Crippen molar-refractivity contribution in [2.45, 2.75) is 51.4 Å². The molecule has 1 unspecified atom stereocenters. The minimum atomic E-state index is -0.754. The standard InChI is InChI=1S/C29H38N2O5/c1-20(2)29(19-31,23-16-26(34-5)28(36-7)27(17-23)35-6)14-8-9-22(18-30)11-10-21-12-13-24(32-3)25(15-21)33-4/h12-13,15-17,20,22H,8-11,14H2,1-7H3/t22?,29-/m1/s1. The van der Waals surface area contributed by atoms with Crippen LogP contribution in [0.1, 0.15) is 50.7 Å². The second-order valence-electron chi connectivity index (χ2n) is 9.10. The minimum absolute atomic E-state index is 0.0395. The van der Waals surface area contributed by atoms with Gasteiger partial charge in [0.2, 0.25) is 5.75 Å². The molecular weight excluding hydrogens is 456 g/mol. The van der Waals surface area contributed by atoms with E-state index >= 15 is 0 Å². The van der Waals surface area contributed by atoms with Gasteiger partial charge in [0, 0.05) is 5.92 Å². The number of nitrogens with zero attached hydrogens (tertiary/aromatic N) is 2. The molecule has 0 N–H and O–H groups in total. The second kappa shape index (κ2) is 13.5. The van der Waals surface area contributed by atoms with Crippen molar-refractivity contribution in [1.82, 2.24) is 0 Å². The lowest BCUT2D eigenvalue weighted by molar-refractivity contribution is 0.314. The third-order valence-electron chi connectivity index (χ3n) is 6.90. The lowest BCUT2D eigenvalue weighted by atomic mass is 9.69. The summed E-state index contributed by atoms with van der Waals surface area (Å²) < 4.78 is 27.2. The largest absolute Gasteiger partial charge is 0.493 e. The Morgan fingerprint density at radius 2 is 1.39 bits per heavy atom. The van der Waals surface area contributed by atoms with Crippen molar-refractivity contribution in [2.75, 3.05) is 35.5 Å². The van der Waals surface area contributed by atoms with Gasteiger partial charge in [0.15, 0.2) is 23.0 Å². The highest BCUT2D eigenvalue weighted by atomic mass is 16.5. The van der Waals surface area contributed by atoms with Gasteiger partial charge >= 0.3 is 0 Å². The lowest BCUT2D eigenvalue weighted by Gasteiger charge is -2.32. The van der Waals surface area contributed by atoms with Crippen LogP contribution in [0.5, 0.6) is 28.7 Å². The molecule has 0 saturated carbocycles. The first-order valence-corrected chi connectivity index (χ1v) is 12.2. The first-order valence-electron chi connectivity index (χ1n) is 12.2. The molecule has 2 rings (SSSR count). The highest BCUT2D eigenvalue weighted by molar-refractivity contribution is 5.56. The molecule has 0 heterocycles. The van der Waals surface area contributed by atoms with Gasteiger partial charge in [-0.05, 0) is 67.0 Å². The number of hydrogen-bond donors (Lipinski definition) is 0. The Morgan fingerprint density at radius 3 is 1.86 bits per heavy atom. The van der Waals surface area contributed by atoms with Crippen LogP contribution < -0.4 is 23.7 Å². The van der Waals surface area contributed by atoms with Gasteiger partial charge in [-0.3, -0.25) is 0 Å². The highest BCUT2D eigenvalue weighted by Crippen LogP contribution is 2.45. The summed E-state index contributed by atoms with van der Waals surface area (Å²) >= 11 is 0. The van der Waals surface area contributed by atoms with Crippen LogP contribution in [0.3, 0.4) is 0 Å². The third-order valence-corrected chi connectivity index (χ3v) is 6.90. The average molecular weight is 495 g/mol. The maximum absolute atomic E-state index is 10.4. The van der Waals surface area contributed by atoms with Crippen LogP contribution in [-0.2, 0) is 11.8 Å². The van der Waals surface area contributed by atoms with Crippen LogP contribution in [-0.4, -0.2) is 35.5 Å². The van der Waals surface area contributed by atoms with Gasteiger partial charge < -0.3 is 23.7 Å². The van der Waals surface area contributed by atoms with Crippen LogP contribution in [0.15, 0.2) is 30.3 Å². The Kier molecular flexibility index (Phi) is 10.7. The van der Waals surface area contributed by atoms with Crippen molar-refractivity contribution in [3.63, 3.8) is 0 Å². The molecule has 7 heteroatoms. The molecule has 0 aromatic heterocycles. The molecule has 0 aliphatic carbocycles. The van der Waals surface area contributed by atoms with Crippen molar-refractivity contribution in [2.24, 2.45) is 11.8 Å². The molecule has 0 bridgehead atoms. The SMILES string of the molecule is COc1ccc(CCC(C#N)CCC[C@](C#N)(c2cc(OC)c(OC)c(OC)c2)C(C)C)cc1OC. The quantitative estimate of drug-likeness (QED) is 0.314. The monoisotopic (exact) mass is 494 g/mol. The molecule has 0 fully saturated rings. The van der Waals surface area contributed by atoms with Crippen molar-refractivity contribution >= 4 is 0 Å². The maximum Gasteiger partial charge on any atom is 0.203 e. The van der Waals surface area contributed by atoms with Crippen molar-refractivity contribution in [1.29, 1.82) is 10.5 Å². The Balaban J connectivity index is 2.17. The molecule has 36 heavy (non-hydrogen) atoms. The number of rotatable bonds is 14. The summed E-state index contributed by atoms with van der Waals surface area (Å²) in [4.78, 5) is 0. The van der Waals surface area contributed by atoms with Crippen LogP contribution in [0.2, 0.25) is 0 Å². The van der Waals surface area contributed by atoms with E-state index in [0.717, 1.165) is 30.4 Å². The molecule has 2 aromatic rings. The fourth-order valence-electron chi connectivity index (χ4n) is 4.63. The Morgan fingerprint density at radius 1 is 0.778 bits per heavy atom. The molecule has 0 spiro atoms. The second-order valence-corrected chi connectivity index (χ2v) is 9.10. The van der Waals surface area contributed by atoms with Crippen LogP contribution in [0.25, 0.3) is 0 Å². The Labute approximate surface area is 215 Å². The van der Waals surface area contributed by atoms with Crippen molar-refractivity contribution < 1.29 is 23.7 Å². The molecule has 0 aliphatic heterocycles. The Bertz CT molecular complexity index is 1060. The first-order chi connectivity index (χ1) is 17.3. The minimum Gasteiger partial charge on any atom is -0.493 e. The van der Waals surface area contributed by atoms with Gasteiger partial charge in [-0.15, -0.1) is 0 Å². The van der Waals surface area contributed by atoms with E-state index in [-0.39, 0.29) is 11.8 Å². The number of methoxy groups -OCH3 is 5. The fourth-order valence-corrected chi connectivity index (χ4v) is 4.63. The number of ether oxygens (including phenoxy) is 5.